The van der Waals surface area contributed by atoms with Gasteiger partial charge in [-0.2, -0.15) is 0 Å². The summed E-state index contributed by atoms with van der Waals surface area (Å²) in [5.74, 6) is 0.921. The minimum atomic E-state index is -1.10. The molecule has 0 radical (unpaired) electrons. The Balaban J connectivity index is 2.55. The zero-order chi connectivity index (χ0) is 31.8. The van der Waals surface area contributed by atoms with Gasteiger partial charge in [-0.05, 0) is 50.5 Å². The first-order chi connectivity index (χ1) is 20.5. The van der Waals surface area contributed by atoms with Gasteiger partial charge in [0.1, 0.15) is 24.2 Å². The van der Waals surface area contributed by atoms with Gasteiger partial charge >= 0.3 is 12.1 Å². The molecule has 2 atom stereocenters. The highest BCUT2D eigenvalue weighted by molar-refractivity contribution is 5.93. The predicted molar refractivity (Wildman–Crippen MR) is 166 cm³/mol. The van der Waals surface area contributed by atoms with Crippen LogP contribution in [0.15, 0.2) is 54.6 Å². The lowest BCUT2D eigenvalue weighted by Gasteiger charge is -2.34. The van der Waals surface area contributed by atoms with Crippen LogP contribution in [0.25, 0.3) is 0 Å². The fourth-order valence-electron chi connectivity index (χ4n) is 4.51. The Kier molecular flexibility index (Phi) is 14.3. The van der Waals surface area contributed by atoms with Crippen molar-refractivity contribution in [3.63, 3.8) is 0 Å². The van der Waals surface area contributed by atoms with Crippen LogP contribution in [0.2, 0.25) is 0 Å². The Morgan fingerprint density at radius 2 is 1.60 bits per heavy atom. The van der Waals surface area contributed by atoms with Crippen LogP contribution < -0.4 is 10.6 Å². The van der Waals surface area contributed by atoms with Gasteiger partial charge in [-0.25, -0.2) is 4.79 Å². The van der Waals surface area contributed by atoms with Crippen molar-refractivity contribution in [3.8, 4) is 12.3 Å². The minimum absolute atomic E-state index is 0.178. The molecule has 9 heteroatoms. The number of ether oxygens (including phenoxy) is 2. The van der Waals surface area contributed by atoms with Gasteiger partial charge in [-0.1, -0.05) is 81.0 Å². The van der Waals surface area contributed by atoms with Crippen molar-refractivity contribution in [2.75, 3.05) is 20.2 Å². The molecular formula is C34H45N3O6. The molecule has 0 aliphatic carbocycles. The normalized spacial score (nSPS) is 12.3. The standard InChI is InChI=1S/C34H45N3O6/c1-7-9-10-11-15-22-37(30(31(39)35-24-29(38)42-6)27-20-18-25(8-2)19-21-27)32(40)28(23-26-16-13-12-14-17-26)36-33(41)43-34(3,4)5/h2,12-14,16-21,28,30H,7,9-11,15,22-24H2,1,3-6H3,(H,35,39)(H,36,41). The third-order valence-corrected chi connectivity index (χ3v) is 6.65. The van der Waals surface area contributed by atoms with Crippen LogP contribution in [0, 0.1) is 12.3 Å². The van der Waals surface area contributed by atoms with Gasteiger partial charge in [0.05, 0.1) is 7.11 Å². The quantitative estimate of drug-likeness (QED) is 0.172. The Morgan fingerprint density at radius 3 is 2.19 bits per heavy atom. The van der Waals surface area contributed by atoms with Gasteiger partial charge in [0.25, 0.3) is 0 Å². The maximum Gasteiger partial charge on any atom is 0.408 e. The van der Waals surface area contributed by atoms with Crippen molar-refractivity contribution in [1.82, 2.24) is 15.5 Å². The number of carbonyl (C=O) groups excluding carboxylic acids is 4. The average Bonchev–Trinajstić information content (AvgIpc) is 2.98. The lowest BCUT2D eigenvalue weighted by Crippen LogP contribution is -2.54. The topological polar surface area (TPSA) is 114 Å². The number of rotatable bonds is 15. The van der Waals surface area contributed by atoms with Crippen LogP contribution in [-0.4, -0.2) is 60.6 Å². The number of terminal acetylenes is 1. The molecule has 0 fully saturated rings. The summed E-state index contributed by atoms with van der Waals surface area (Å²) < 4.78 is 10.2. The number of unbranched alkanes of at least 4 members (excludes halogenated alkanes) is 4. The monoisotopic (exact) mass is 591 g/mol. The Labute approximate surface area is 255 Å². The van der Waals surface area contributed by atoms with E-state index in [4.69, 9.17) is 15.9 Å². The SMILES string of the molecule is C#Cc1ccc(C(C(=O)NCC(=O)OC)N(CCCCCCC)C(=O)C(Cc2ccccc2)NC(=O)OC(C)(C)C)cc1. The van der Waals surface area contributed by atoms with Gasteiger partial charge in [0.2, 0.25) is 11.8 Å². The molecule has 2 aromatic carbocycles. The summed E-state index contributed by atoms with van der Waals surface area (Å²) in [7, 11) is 1.23. The number of hydrogen-bond donors (Lipinski definition) is 2. The number of amides is 3. The Morgan fingerprint density at radius 1 is 0.953 bits per heavy atom. The van der Waals surface area contributed by atoms with Gasteiger partial charge in [-0.15, -0.1) is 6.42 Å². The maximum absolute atomic E-state index is 14.5. The van der Waals surface area contributed by atoms with Crippen LogP contribution in [-0.2, 0) is 30.3 Å². The summed E-state index contributed by atoms with van der Waals surface area (Å²) in [6.07, 6.45) is 9.58. The summed E-state index contributed by atoms with van der Waals surface area (Å²) in [6.45, 7) is 7.22. The number of esters is 1. The van der Waals surface area contributed by atoms with Gasteiger partial charge < -0.3 is 25.0 Å². The second-order valence-corrected chi connectivity index (χ2v) is 11.3. The van der Waals surface area contributed by atoms with E-state index in [0.29, 0.717) is 17.5 Å². The molecule has 9 nitrogen and oxygen atoms in total. The molecule has 0 heterocycles. The molecule has 2 aromatic rings. The molecule has 0 spiro atoms. The zero-order valence-electron chi connectivity index (χ0n) is 26.0. The van der Waals surface area contributed by atoms with Crippen LogP contribution in [0.3, 0.4) is 0 Å². The molecule has 0 aliphatic heterocycles. The smallest absolute Gasteiger partial charge is 0.408 e. The van der Waals surface area contributed by atoms with Crippen molar-refractivity contribution in [3.05, 3.63) is 71.3 Å². The van der Waals surface area contributed by atoms with E-state index in [1.807, 2.05) is 30.3 Å². The van der Waals surface area contributed by atoms with Crippen LogP contribution in [0.1, 0.15) is 82.5 Å². The van der Waals surface area contributed by atoms with Gasteiger partial charge in [-0.3, -0.25) is 14.4 Å². The largest absolute Gasteiger partial charge is 0.468 e. The van der Waals surface area contributed by atoms with E-state index >= 15 is 0 Å². The number of nitrogens with one attached hydrogen (secondary N) is 2. The van der Waals surface area contributed by atoms with E-state index in [1.54, 1.807) is 45.0 Å². The highest BCUT2D eigenvalue weighted by Gasteiger charge is 2.36. The summed E-state index contributed by atoms with van der Waals surface area (Å²) in [6, 6.07) is 14.0. The number of benzene rings is 2. The first kappa shape index (κ1) is 34.9. The molecule has 0 saturated carbocycles. The van der Waals surface area contributed by atoms with E-state index < -0.39 is 41.6 Å². The number of carbonyl (C=O) groups is 4. The summed E-state index contributed by atoms with van der Waals surface area (Å²) in [5, 5.41) is 5.36. The molecule has 0 aliphatic rings. The third-order valence-electron chi connectivity index (χ3n) is 6.65. The fourth-order valence-corrected chi connectivity index (χ4v) is 4.51. The minimum Gasteiger partial charge on any atom is -0.468 e. The second-order valence-electron chi connectivity index (χ2n) is 11.3. The Bertz CT molecular complexity index is 1230. The molecule has 2 rings (SSSR count). The van der Waals surface area contributed by atoms with Gasteiger partial charge in [0, 0.05) is 18.5 Å². The summed E-state index contributed by atoms with van der Waals surface area (Å²) in [5.41, 5.74) is 1.17. The second kappa shape index (κ2) is 17.6. The van der Waals surface area contributed by atoms with E-state index in [-0.39, 0.29) is 19.5 Å². The predicted octanol–water partition coefficient (Wildman–Crippen LogP) is 4.93. The molecule has 2 N–H and O–H groups in total. The first-order valence-electron chi connectivity index (χ1n) is 14.7. The van der Waals surface area contributed by atoms with Crippen molar-refractivity contribution < 1.29 is 28.7 Å². The number of methoxy groups -OCH3 is 1. The highest BCUT2D eigenvalue weighted by atomic mass is 16.6. The maximum atomic E-state index is 14.5. The number of nitrogens with zero attached hydrogens (tertiary/aromatic N) is 1. The lowest BCUT2D eigenvalue weighted by molar-refractivity contribution is -0.144. The van der Waals surface area contributed by atoms with E-state index in [2.05, 4.69) is 23.5 Å². The Hall–Kier alpha value is -4.32. The lowest BCUT2D eigenvalue weighted by atomic mass is 9.99. The van der Waals surface area contributed by atoms with Crippen molar-refractivity contribution in [2.24, 2.45) is 0 Å². The van der Waals surface area contributed by atoms with E-state index in [9.17, 15) is 19.2 Å². The van der Waals surface area contributed by atoms with Crippen molar-refractivity contribution in [2.45, 2.75) is 83.9 Å². The van der Waals surface area contributed by atoms with Crippen molar-refractivity contribution in [1.29, 1.82) is 0 Å². The average molecular weight is 592 g/mol. The fraction of sp³-hybridized carbons (Fsp3) is 0.471. The molecule has 2 unspecified atom stereocenters. The summed E-state index contributed by atoms with van der Waals surface area (Å²) >= 11 is 0. The number of alkyl carbamates (subject to hydrolysis) is 1. The van der Waals surface area contributed by atoms with E-state index in [0.717, 1.165) is 31.2 Å². The van der Waals surface area contributed by atoms with Gasteiger partial charge in [0.15, 0.2) is 0 Å². The molecule has 3 amide bonds. The molecule has 232 valence electrons. The molecule has 0 saturated heterocycles. The molecular weight excluding hydrogens is 546 g/mol. The zero-order valence-corrected chi connectivity index (χ0v) is 26.0. The summed E-state index contributed by atoms with van der Waals surface area (Å²) in [4.78, 5) is 54.5. The number of hydrogen-bond acceptors (Lipinski definition) is 6. The van der Waals surface area contributed by atoms with Crippen LogP contribution >= 0.6 is 0 Å². The van der Waals surface area contributed by atoms with Crippen molar-refractivity contribution >= 4 is 23.9 Å². The molecule has 0 bridgehead atoms. The van der Waals surface area contributed by atoms with E-state index in [1.165, 1.54) is 12.0 Å². The molecule has 0 aromatic heterocycles. The first-order valence-corrected chi connectivity index (χ1v) is 14.7. The highest BCUT2D eigenvalue weighted by Crippen LogP contribution is 2.25. The van der Waals surface area contributed by atoms with Crippen LogP contribution in [0.4, 0.5) is 4.79 Å². The van der Waals surface area contributed by atoms with Crippen LogP contribution in [0.5, 0.6) is 0 Å². The molecule has 43 heavy (non-hydrogen) atoms. The third kappa shape index (κ3) is 12.2.